The van der Waals surface area contributed by atoms with Crippen LogP contribution in [-0.2, 0) is 10.2 Å². The summed E-state index contributed by atoms with van der Waals surface area (Å²) in [6, 6.07) is 8.34. The van der Waals surface area contributed by atoms with Crippen LogP contribution in [0.4, 0.5) is 0 Å². The topological polar surface area (TPSA) is 49.3 Å². The van der Waals surface area contributed by atoms with Gasteiger partial charge in [-0.05, 0) is 44.1 Å². The predicted molar refractivity (Wildman–Crippen MR) is 78.4 cm³/mol. The molecule has 0 heterocycles. The summed E-state index contributed by atoms with van der Waals surface area (Å²) in [4.78, 5) is 12.6. The molecule has 2 saturated carbocycles. The molecule has 1 amide bonds. The van der Waals surface area contributed by atoms with Crippen molar-refractivity contribution in [1.29, 1.82) is 0 Å². The highest BCUT2D eigenvalue weighted by atomic mass is 16.3. The van der Waals surface area contributed by atoms with Crippen LogP contribution < -0.4 is 5.32 Å². The Morgan fingerprint density at radius 3 is 2.70 bits per heavy atom. The van der Waals surface area contributed by atoms with Crippen molar-refractivity contribution in [3.8, 4) is 0 Å². The van der Waals surface area contributed by atoms with Gasteiger partial charge in [-0.2, -0.15) is 0 Å². The van der Waals surface area contributed by atoms with Gasteiger partial charge in [0.15, 0.2) is 0 Å². The number of carbonyl (C=O) groups excluding carboxylic acids is 1. The summed E-state index contributed by atoms with van der Waals surface area (Å²) in [7, 11) is 0. The fourth-order valence-electron chi connectivity index (χ4n) is 3.39. The van der Waals surface area contributed by atoms with Crippen LogP contribution in [0.15, 0.2) is 24.3 Å². The van der Waals surface area contributed by atoms with Gasteiger partial charge in [-0.15, -0.1) is 0 Å². The maximum Gasteiger partial charge on any atom is 0.230 e. The summed E-state index contributed by atoms with van der Waals surface area (Å²) in [6.45, 7) is 2.78. The largest absolute Gasteiger partial charge is 0.393 e. The Morgan fingerprint density at radius 1 is 1.40 bits per heavy atom. The molecule has 1 aromatic carbocycles. The first-order valence-corrected chi connectivity index (χ1v) is 7.64. The molecule has 0 atom stereocenters. The average Bonchev–Trinajstić information content (AvgIpc) is 2.32. The first kappa shape index (κ1) is 13.6. The van der Waals surface area contributed by atoms with Crippen molar-refractivity contribution in [3.05, 3.63) is 35.4 Å². The zero-order valence-corrected chi connectivity index (χ0v) is 12.1. The van der Waals surface area contributed by atoms with Gasteiger partial charge in [0.25, 0.3) is 0 Å². The molecule has 0 aromatic heterocycles. The Labute approximate surface area is 120 Å². The van der Waals surface area contributed by atoms with E-state index in [0.717, 1.165) is 37.7 Å². The number of aryl methyl sites for hydroxylation is 1. The average molecular weight is 273 g/mol. The lowest BCUT2D eigenvalue weighted by atomic mass is 9.63. The van der Waals surface area contributed by atoms with Crippen LogP contribution in [0.3, 0.4) is 0 Å². The van der Waals surface area contributed by atoms with Gasteiger partial charge in [0, 0.05) is 6.54 Å². The number of aliphatic hydroxyl groups is 1. The Hall–Kier alpha value is -1.35. The molecule has 3 heteroatoms. The molecule has 2 N–H and O–H groups in total. The number of hydrogen-bond donors (Lipinski definition) is 2. The molecule has 0 unspecified atom stereocenters. The van der Waals surface area contributed by atoms with Crippen LogP contribution in [-0.4, -0.2) is 23.7 Å². The summed E-state index contributed by atoms with van der Waals surface area (Å²) in [5.41, 5.74) is 2.08. The lowest BCUT2D eigenvalue weighted by Crippen LogP contribution is -2.51. The number of hydrogen-bond acceptors (Lipinski definition) is 2. The number of aliphatic hydroxyl groups excluding tert-OH is 1. The lowest BCUT2D eigenvalue weighted by molar-refractivity contribution is -0.130. The SMILES string of the molecule is Cc1cccc(C2(C(=O)NCC3CC(O)C3)CCC2)c1. The Balaban J connectivity index is 1.67. The van der Waals surface area contributed by atoms with Gasteiger partial charge in [0.05, 0.1) is 11.5 Å². The van der Waals surface area contributed by atoms with Crippen molar-refractivity contribution < 1.29 is 9.90 Å². The third-order valence-corrected chi connectivity index (χ3v) is 4.97. The third kappa shape index (κ3) is 2.35. The van der Waals surface area contributed by atoms with Crippen LogP contribution in [0, 0.1) is 12.8 Å². The summed E-state index contributed by atoms with van der Waals surface area (Å²) in [5.74, 6) is 0.638. The summed E-state index contributed by atoms with van der Waals surface area (Å²) >= 11 is 0. The first-order valence-electron chi connectivity index (χ1n) is 7.64. The van der Waals surface area contributed by atoms with E-state index in [1.165, 1.54) is 5.56 Å². The summed E-state index contributed by atoms with van der Waals surface area (Å²) in [5, 5.41) is 12.4. The molecule has 108 valence electrons. The van der Waals surface area contributed by atoms with Crippen molar-refractivity contribution in [3.63, 3.8) is 0 Å². The number of amides is 1. The Kier molecular flexibility index (Phi) is 3.55. The molecule has 20 heavy (non-hydrogen) atoms. The molecule has 1 aromatic rings. The van der Waals surface area contributed by atoms with E-state index >= 15 is 0 Å². The molecule has 0 radical (unpaired) electrons. The maximum absolute atomic E-state index is 12.6. The van der Waals surface area contributed by atoms with Gasteiger partial charge in [0.1, 0.15) is 0 Å². The van der Waals surface area contributed by atoms with Gasteiger partial charge >= 0.3 is 0 Å². The predicted octanol–water partition coefficient (Wildman–Crippen LogP) is 2.30. The van der Waals surface area contributed by atoms with E-state index in [1.54, 1.807) is 0 Å². The second-order valence-electron chi connectivity index (χ2n) is 6.51. The maximum atomic E-state index is 12.6. The highest BCUT2D eigenvalue weighted by molar-refractivity contribution is 5.89. The minimum atomic E-state index is -0.297. The summed E-state index contributed by atoms with van der Waals surface area (Å²) in [6.07, 6.45) is 4.55. The van der Waals surface area contributed by atoms with E-state index in [9.17, 15) is 9.90 Å². The quantitative estimate of drug-likeness (QED) is 0.884. The molecular weight excluding hydrogens is 250 g/mol. The molecule has 0 bridgehead atoms. The number of nitrogens with one attached hydrogen (secondary N) is 1. The standard InChI is InChI=1S/C17H23NO2/c1-12-4-2-5-14(8-12)17(6-3-7-17)16(20)18-11-13-9-15(19)10-13/h2,4-5,8,13,15,19H,3,6-7,9-11H2,1H3,(H,18,20). The molecule has 0 spiro atoms. The number of carbonyl (C=O) groups is 1. The Morgan fingerprint density at radius 2 is 2.15 bits per heavy atom. The smallest absolute Gasteiger partial charge is 0.230 e. The van der Waals surface area contributed by atoms with E-state index < -0.39 is 0 Å². The fraction of sp³-hybridized carbons (Fsp3) is 0.588. The lowest BCUT2D eigenvalue weighted by Gasteiger charge is -2.42. The van der Waals surface area contributed by atoms with Crippen LogP contribution in [0.1, 0.15) is 43.2 Å². The van der Waals surface area contributed by atoms with Gasteiger partial charge in [-0.1, -0.05) is 36.2 Å². The molecule has 0 aliphatic heterocycles. The zero-order valence-electron chi connectivity index (χ0n) is 12.1. The molecule has 2 aliphatic rings. The van der Waals surface area contributed by atoms with Crippen molar-refractivity contribution in [2.75, 3.05) is 6.54 Å². The van der Waals surface area contributed by atoms with Crippen molar-refractivity contribution in [1.82, 2.24) is 5.32 Å². The molecule has 2 fully saturated rings. The third-order valence-electron chi connectivity index (χ3n) is 4.97. The monoisotopic (exact) mass is 273 g/mol. The first-order chi connectivity index (χ1) is 9.60. The van der Waals surface area contributed by atoms with Crippen LogP contribution in [0.5, 0.6) is 0 Å². The number of rotatable bonds is 4. The minimum absolute atomic E-state index is 0.147. The van der Waals surface area contributed by atoms with Crippen molar-refractivity contribution >= 4 is 5.91 Å². The van der Waals surface area contributed by atoms with E-state index in [1.807, 2.05) is 6.07 Å². The van der Waals surface area contributed by atoms with Gasteiger partial charge in [-0.3, -0.25) is 4.79 Å². The van der Waals surface area contributed by atoms with E-state index in [0.29, 0.717) is 12.5 Å². The van der Waals surface area contributed by atoms with E-state index in [4.69, 9.17) is 0 Å². The molecular formula is C17H23NO2. The van der Waals surface area contributed by atoms with E-state index in [-0.39, 0.29) is 17.4 Å². The second-order valence-corrected chi connectivity index (χ2v) is 6.51. The van der Waals surface area contributed by atoms with E-state index in [2.05, 4.69) is 30.4 Å². The highest BCUT2D eigenvalue weighted by Gasteiger charge is 2.45. The van der Waals surface area contributed by atoms with Crippen molar-refractivity contribution in [2.24, 2.45) is 5.92 Å². The van der Waals surface area contributed by atoms with Gasteiger partial charge in [-0.25, -0.2) is 0 Å². The van der Waals surface area contributed by atoms with Gasteiger partial charge < -0.3 is 10.4 Å². The zero-order chi connectivity index (χ0) is 14.2. The molecule has 0 saturated heterocycles. The minimum Gasteiger partial charge on any atom is -0.393 e. The van der Waals surface area contributed by atoms with Crippen LogP contribution in [0.25, 0.3) is 0 Å². The second kappa shape index (κ2) is 5.21. The Bertz CT molecular complexity index is 501. The van der Waals surface area contributed by atoms with Gasteiger partial charge in [0.2, 0.25) is 5.91 Å². The van der Waals surface area contributed by atoms with Crippen molar-refractivity contribution in [2.45, 2.75) is 50.5 Å². The van der Waals surface area contributed by atoms with Crippen LogP contribution in [0.2, 0.25) is 0 Å². The fourth-order valence-corrected chi connectivity index (χ4v) is 3.39. The molecule has 3 nitrogen and oxygen atoms in total. The highest BCUT2D eigenvalue weighted by Crippen LogP contribution is 2.44. The normalized spacial score (nSPS) is 27.3. The molecule has 2 aliphatic carbocycles. The van der Waals surface area contributed by atoms with Crippen LogP contribution >= 0.6 is 0 Å². The molecule has 3 rings (SSSR count). The summed E-state index contributed by atoms with van der Waals surface area (Å²) < 4.78 is 0. The number of benzene rings is 1.